The Kier molecular flexibility index (Phi) is 8.54. The molecular formula is C7H15Cl2N3. The fraction of sp³-hybridized carbons (Fsp3) is 0.571. The van der Waals surface area contributed by atoms with E-state index in [0.29, 0.717) is 0 Å². The maximum absolute atomic E-state index is 4.13. The molecule has 0 spiro atoms. The highest BCUT2D eigenvalue weighted by atomic mass is 35.5. The number of nitrogens with zero attached hydrogens (tertiary/aromatic N) is 2. The van der Waals surface area contributed by atoms with Gasteiger partial charge in [-0.1, -0.05) is 6.92 Å². The number of hydrogen-bond donors (Lipinski definition) is 1. The van der Waals surface area contributed by atoms with E-state index in [4.69, 9.17) is 0 Å². The van der Waals surface area contributed by atoms with Gasteiger partial charge in [0, 0.05) is 19.8 Å². The molecule has 0 amide bonds. The highest BCUT2D eigenvalue weighted by Gasteiger charge is 1.92. The molecule has 0 saturated carbocycles. The molecule has 0 aliphatic heterocycles. The number of hydrogen-bond acceptors (Lipinski definition) is 2. The summed E-state index contributed by atoms with van der Waals surface area (Å²) in [5, 5.41) is 7.15. The summed E-state index contributed by atoms with van der Waals surface area (Å²) in [4.78, 5) is 0. The molecule has 0 aromatic carbocycles. The molecule has 0 saturated heterocycles. The minimum absolute atomic E-state index is 0. The topological polar surface area (TPSA) is 29.9 Å². The predicted molar refractivity (Wildman–Crippen MR) is 56.6 cm³/mol. The van der Waals surface area contributed by atoms with E-state index >= 15 is 0 Å². The van der Waals surface area contributed by atoms with E-state index in [9.17, 15) is 0 Å². The van der Waals surface area contributed by atoms with Gasteiger partial charge in [-0.3, -0.25) is 4.68 Å². The van der Waals surface area contributed by atoms with Gasteiger partial charge in [0.2, 0.25) is 0 Å². The lowest BCUT2D eigenvalue weighted by molar-refractivity contribution is 0.603. The van der Waals surface area contributed by atoms with E-state index in [1.165, 1.54) is 0 Å². The molecule has 1 aromatic rings. The van der Waals surface area contributed by atoms with E-state index in [-0.39, 0.29) is 24.8 Å². The van der Waals surface area contributed by atoms with Crippen LogP contribution in [-0.2, 0) is 6.54 Å². The first-order valence-corrected chi connectivity index (χ1v) is 3.57. The lowest BCUT2D eigenvalue weighted by Gasteiger charge is -1.94. The molecule has 72 valence electrons. The van der Waals surface area contributed by atoms with Gasteiger partial charge in [0.25, 0.3) is 0 Å². The molecule has 0 unspecified atom stereocenters. The molecule has 0 radical (unpaired) electrons. The van der Waals surface area contributed by atoms with Gasteiger partial charge in [-0.25, -0.2) is 0 Å². The number of anilines is 1. The standard InChI is InChI=1S/C7H13N3.2ClH/c1-3-4-10-6-7(8-2)5-9-10;;/h5-6,8H,3-4H2,1-2H3;2*1H. The second-order valence-corrected chi connectivity index (χ2v) is 2.24. The Morgan fingerprint density at radius 2 is 2.17 bits per heavy atom. The molecule has 1 aromatic heterocycles. The van der Waals surface area contributed by atoms with Crippen LogP contribution in [0.2, 0.25) is 0 Å². The molecule has 0 aliphatic carbocycles. The van der Waals surface area contributed by atoms with Crippen molar-refractivity contribution in [1.29, 1.82) is 0 Å². The minimum atomic E-state index is 0. The molecule has 12 heavy (non-hydrogen) atoms. The van der Waals surface area contributed by atoms with Gasteiger partial charge in [-0.2, -0.15) is 5.10 Å². The normalized spacial score (nSPS) is 8.17. The van der Waals surface area contributed by atoms with Crippen LogP contribution in [0.1, 0.15) is 13.3 Å². The number of rotatable bonds is 3. The zero-order valence-corrected chi connectivity index (χ0v) is 8.91. The molecule has 5 heteroatoms. The van der Waals surface area contributed by atoms with Crippen LogP contribution in [-0.4, -0.2) is 16.8 Å². The first kappa shape index (κ1) is 14.1. The van der Waals surface area contributed by atoms with E-state index in [0.717, 1.165) is 18.7 Å². The monoisotopic (exact) mass is 211 g/mol. The smallest absolute Gasteiger partial charge is 0.0723 e. The van der Waals surface area contributed by atoms with Crippen molar-refractivity contribution in [3.8, 4) is 0 Å². The van der Waals surface area contributed by atoms with Gasteiger partial charge in [-0.05, 0) is 6.42 Å². The number of aryl methyl sites for hydroxylation is 1. The van der Waals surface area contributed by atoms with Crippen molar-refractivity contribution < 1.29 is 0 Å². The lowest BCUT2D eigenvalue weighted by Crippen LogP contribution is -1.95. The Bertz CT molecular complexity index is 200. The van der Waals surface area contributed by atoms with Crippen molar-refractivity contribution in [2.24, 2.45) is 0 Å². The minimum Gasteiger partial charge on any atom is -0.386 e. The zero-order chi connectivity index (χ0) is 7.40. The van der Waals surface area contributed by atoms with Gasteiger partial charge >= 0.3 is 0 Å². The van der Waals surface area contributed by atoms with Gasteiger partial charge in [0.1, 0.15) is 0 Å². The Hall–Kier alpha value is -0.410. The maximum atomic E-state index is 4.13. The Morgan fingerprint density at radius 1 is 1.50 bits per heavy atom. The number of halogens is 2. The van der Waals surface area contributed by atoms with Crippen molar-refractivity contribution in [3.05, 3.63) is 12.4 Å². The summed E-state index contributed by atoms with van der Waals surface area (Å²) in [7, 11) is 1.90. The van der Waals surface area contributed by atoms with Crippen LogP contribution in [0.3, 0.4) is 0 Å². The van der Waals surface area contributed by atoms with E-state index in [1.54, 1.807) is 0 Å². The third kappa shape index (κ3) is 3.83. The zero-order valence-electron chi connectivity index (χ0n) is 7.28. The third-order valence-electron chi connectivity index (χ3n) is 1.37. The van der Waals surface area contributed by atoms with Crippen LogP contribution in [0, 0.1) is 0 Å². The predicted octanol–water partition coefficient (Wildman–Crippen LogP) is 2.18. The Balaban J connectivity index is 0. The third-order valence-corrected chi connectivity index (χ3v) is 1.37. The molecule has 0 fully saturated rings. The summed E-state index contributed by atoms with van der Waals surface area (Å²) in [6, 6.07) is 0. The van der Waals surface area contributed by atoms with Crippen LogP contribution < -0.4 is 5.32 Å². The Labute approximate surface area is 85.4 Å². The lowest BCUT2D eigenvalue weighted by atomic mass is 10.5. The second-order valence-electron chi connectivity index (χ2n) is 2.24. The average Bonchev–Trinajstić information content (AvgIpc) is 2.37. The van der Waals surface area contributed by atoms with Crippen molar-refractivity contribution in [2.75, 3.05) is 12.4 Å². The van der Waals surface area contributed by atoms with Crippen LogP contribution in [0.15, 0.2) is 12.4 Å². The number of aromatic nitrogens is 2. The van der Waals surface area contributed by atoms with Crippen LogP contribution in [0.25, 0.3) is 0 Å². The molecule has 1 rings (SSSR count). The second kappa shape index (κ2) is 7.25. The summed E-state index contributed by atoms with van der Waals surface area (Å²) in [5.74, 6) is 0. The van der Waals surface area contributed by atoms with E-state index < -0.39 is 0 Å². The van der Waals surface area contributed by atoms with E-state index in [1.807, 2.05) is 24.1 Å². The highest BCUT2D eigenvalue weighted by Crippen LogP contribution is 2.02. The van der Waals surface area contributed by atoms with E-state index in [2.05, 4.69) is 17.3 Å². The summed E-state index contributed by atoms with van der Waals surface area (Å²) in [6.07, 6.45) is 4.96. The van der Waals surface area contributed by atoms with Crippen LogP contribution in [0.5, 0.6) is 0 Å². The van der Waals surface area contributed by atoms with Crippen molar-refractivity contribution >= 4 is 30.5 Å². The van der Waals surface area contributed by atoms with Crippen LogP contribution >= 0.6 is 24.8 Å². The van der Waals surface area contributed by atoms with Gasteiger partial charge in [-0.15, -0.1) is 24.8 Å². The largest absolute Gasteiger partial charge is 0.386 e. The molecular weight excluding hydrogens is 197 g/mol. The molecule has 1 N–H and O–H groups in total. The molecule has 3 nitrogen and oxygen atoms in total. The number of nitrogens with one attached hydrogen (secondary N) is 1. The van der Waals surface area contributed by atoms with Crippen molar-refractivity contribution in [1.82, 2.24) is 9.78 Å². The molecule has 0 bridgehead atoms. The SMILES string of the molecule is CCCn1cc(NC)cn1.Cl.Cl. The average molecular weight is 212 g/mol. The summed E-state index contributed by atoms with van der Waals surface area (Å²) in [6.45, 7) is 3.14. The first-order chi connectivity index (χ1) is 4.86. The first-order valence-electron chi connectivity index (χ1n) is 3.57. The van der Waals surface area contributed by atoms with Crippen LogP contribution in [0.4, 0.5) is 5.69 Å². The van der Waals surface area contributed by atoms with Gasteiger partial charge in [0.15, 0.2) is 0 Å². The van der Waals surface area contributed by atoms with Gasteiger partial charge < -0.3 is 5.32 Å². The quantitative estimate of drug-likeness (QED) is 0.832. The highest BCUT2D eigenvalue weighted by molar-refractivity contribution is 5.85. The molecule has 1 heterocycles. The molecule has 0 aliphatic rings. The maximum Gasteiger partial charge on any atom is 0.0723 e. The van der Waals surface area contributed by atoms with Crippen molar-refractivity contribution in [2.45, 2.75) is 19.9 Å². The van der Waals surface area contributed by atoms with Crippen molar-refractivity contribution in [3.63, 3.8) is 0 Å². The Morgan fingerprint density at radius 3 is 2.58 bits per heavy atom. The fourth-order valence-electron chi connectivity index (χ4n) is 0.844. The fourth-order valence-corrected chi connectivity index (χ4v) is 0.844. The van der Waals surface area contributed by atoms with Gasteiger partial charge in [0.05, 0.1) is 11.9 Å². The summed E-state index contributed by atoms with van der Waals surface area (Å²) in [5.41, 5.74) is 1.08. The summed E-state index contributed by atoms with van der Waals surface area (Å²) < 4.78 is 1.94. The summed E-state index contributed by atoms with van der Waals surface area (Å²) >= 11 is 0. The molecule has 0 atom stereocenters.